The number of rotatable bonds is 3. The largest absolute Gasteiger partial charge is 0.365 e. The van der Waals surface area contributed by atoms with Crippen molar-refractivity contribution in [2.24, 2.45) is 0 Å². The number of carbonyl (C=O) groups excluding carboxylic acids is 1. The predicted octanol–water partition coefficient (Wildman–Crippen LogP) is 4.37. The molecule has 1 aromatic heterocycles. The summed E-state index contributed by atoms with van der Waals surface area (Å²) in [4.78, 5) is 12.5. The van der Waals surface area contributed by atoms with E-state index in [4.69, 9.17) is 16.3 Å². The van der Waals surface area contributed by atoms with Gasteiger partial charge in [0.1, 0.15) is 6.10 Å². The Balaban J connectivity index is 1.50. The second-order valence-corrected chi connectivity index (χ2v) is 6.81. The van der Waals surface area contributed by atoms with Gasteiger partial charge in [0.25, 0.3) is 5.91 Å². The van der Waals surface area contributed by atoms with Crippen LogP contribution in [0.15, 0.2) is 54.6 Å². The number of nitrogens with one attached hydrogen (secondary N) is 1. The van der Waals surface area contributed by atoms with Crippen molar-refractivity contribution in [2.75, 3.05) is 5.32 Å². The van der Waals surface area contributed by atoms with E-state index in [0.29, 0.717) is 23.9 Å². The summed E-state index contributed by atoms with van der Waals surface area (Å²) in [6.07, 6.45) is -0.104. The van der Waals surface area contributed by atoms with E-state index in [1.54, 1.807) is 6.07 Å². The Morgan fingerprint density at radius 1 is 1.23 bits per heavy atom. The van der Waals surface area contributed by atoms with E-state index >= 15 is 0 Å². The van der Waals surface area contributed by atoms with E-state index in [1.807, 2.05) is 60.1 Å². The monoisotopic (exact) mass is 367 g/mol. The number of fused-ring (bicyclic) bond motifs is 1. The van der Waals surface area contributed by atoms with Crippen molar-refractivity contribution in [3.63, 3.8) is 0 Å². The smallest absolute Gasteiger partial charge is 0.276 e. The zero-order chi connectivity index (χ0) is 18.1. The van der Waals surface area contributed by atoms with Gasteiger partial charge in [-0.25, -0.2) is 0 Å². The Morgan fingerprint density at radius 3 is 2.81 bits per heavy atom. The SMILES string of the molecule is Cc1cccc(NC(=O)c2cc3n(n2)C[C@@H](c2ccc(Cl)cc2)OC3)c1. The Kier molecular flexibility index (Phi) is 4.49. The molecule has 1 aliphatic heterocycles. The molecule has 3 aromatic rings. The first-order valence-corrected chi connectivity index (χ1v) is 8.78. The molecule has 1 aliphatic rings. The van der Waals surface area contributed by atoms with Gasteiger partial charge in [-0.15, -0.1) is 0 Å². The molecule has 0 aliphatic carbocycles. The molecule has 0 saturated carbocycles. The minimum absolute atomic E-state index is 0.104. The van der Waals surface area contributed by atoms with Crippen molar-refractivity contribution in [1.82, 2.24) is 9.78 Å². The molecule has 0 radical (unpaired) electrons. The highest BCUT2D eigenvalue weighted by Crippen LogP contribution is 2.27. The summed E-state index contributed by atoms with van der Waals surface area (Å²) >= 11 is 5.94. The van der Waals surface area contributed by atoms with Gasteiger partial charge < -0.3 is 10.1 Å². The summed E-state index contributed by atoms with van der Waals surface area (Å²) in [6, 6.07) is 17.1. The van der Waals surface area contributed by atoms with Crippen LogP contribution in [-0.2, 0) is 17.9 Å². The van der Waals surface area contributed by atoms with Gasteiger partial charge in [-0.1, -0.05) is 35.9 Å². The summed E-state index contributed by atoms with van der Waals surface area (Å²) in [6.45, 7) is 2.96. The predicted molar refractivity (Wildman–Crippen MR) is 100 cm³/mol. The Morgan fingerprint density at radius 2 is 2.04 bits per heavy atom. The van der Waals surface area contributed by atoms with Gasteiger partial charge in [0.15, 0.2) is 5.69 Å². The molecule has 132 valence electrons. The molecule has 5 nitrogen and oxygen atoms in total. The van der Waals surface area contributed by atoms with E-state index in [1.165, 1.54) is 0 Å². The molecular weight excluding hydrogens is 350 g/mol. The molecule has 0 unspecified atom stereocenters. The maximum absolute atomic E-state index is 12.5. The molecule has 1 N–H and O–H groups in total. The zero-order valence-electron chi connectivity index (χ0n) is 14.3. The van der Waals surface area contributed by atoms with Crippen molar-refractivity contribution in [2.45, 2.75) is 26.2 Å². The molecule has 1 atom stereocenters. The third-order valence-electron chi connectivity index (χ3n) is 4.38. The summed E-state index contributed by atoms with van der Waals surface area (Å²) in [5, 5.41) is 8.04. The third kappa shape index (κ3) is 3.49. The van der Waals surface area contributed by atoms with Gasteiger partial charge in [0, 0.05) is 10.7 Å². The van der Waals surface area contributed by atoms with Gasteiger partial charge in [-0.05, 0) is 48.4 Å². The first kappa shape index (κ1) is 16.8. The number of carbonyl (C=O) groups is 1. The molecule has 2 heterocycles. The molecule has 6 heteroatoms. The van der Waals surface area contributed by atoms with Crippen molar-refractivity contribution in [1.29, 1.82) is 0 Å². The average Bonchev–Trinajstić information content (AvgIpc) is 3.06. The number of nitrogens with zero attached hydrogens (tertiary/aromatic N) is 2. The number of halogens is 1. The van der Waals surface area contributed by atoms with Crippen LogP contribution in [0.1, 0.15) is 33.4 Å². The molecule has 0 spiro atoms. The van der Waals surface area contributed by atoms with E-state index in [9.17, 15) is 4.79 Å². The molecule has 4 rings (SSSR count). The van der Waals surface area contributed by atoms with Gasteiger partial charge in [0.05, 0.1) is 18.8 Å². The lowest BCUT2D eigenvalue weighted by molar-refractivity contribution is -0.00118. The van der Waals surface area contributed by atoms with Gasteiger partial charge >= 0.3 is 0 Å². The Bertz CT molecular complexity index is 950. The highest BCUT2D eigenvalue weighted by Gasteiger charge is 2.24. The lowest BCUT2D eigenvalue weighted by atomic mass is 10.1. The maximum Gasteiger partial charge on any atom is 0.276 e. The van der Waals surface area contributed by atoms with Crippen LogP contribution in [0.25, 0.3) is 0 Å². The Hall–Kier alpha value is -2.63. The summed E-state index contributed by atoms with van der Waals surface area (Å²) < 4.78 is 7.76. The van der Waals surface area contributed by atoms with Crippen LogP contribution in [-0.4, -0.2) is 15.7 Å². The van der Waals surface area contributed by atoms with E-state index < -0.39 is 0 Å². The van der Waals surface area contributed by atoms with E-state index in [0.717, 1.165) is 22.5 Å². The third-order valence-corrected chi connectivity index (χ3v) is 4.64. The number of ether oxygens (including phenoxy) is 1. The van der Waals surface area contributed by atoms with Crippen molar-refractivity contribution in [3.05, 3.63) is 82.1 Å². The molecule has 0 bridgehead atoms. The summed E-state index contributed by atoms with van der Waals surface area (Å²) in [7, 11) is 0. The molecule has 26 heavy (non-hydrogen) atoms. The number of hydrogen-bond donors (Lipinski definition) is 1. The second-order valence-electron chi connectivity index (χ2n) is 6.38. The molecule has 2 aromatic carbocycles. The lowest BCUT2D eigenvalue weighted by Gasteiger charge is -2.24. The second kappa shape index (κ2) is 6.94. The fourth-order valence-corrected chi connectivity index (χ4v) is 3.16. The van der Waals surface area contributed by atoms with Crippen LogP contribution in [0.5, 0.6) is 0 Å². The topological polar surface area (TPSA) is 56.2 Å². The van der Waals surface area contributed by atoms with Crippen LogP contribution < -0.4 is 5.32 Å². The first-order chi connectivity index (χ1) is 12.6. The molecule has 0 saturated heterocycles. The van der Waals surface area contributed by atoms with Gasteiger partial charge in [-0.3, -0.25) is 9.48 Å². The van der Waals surface area contributed by atoms with Crippen molar-refractivity contribution in [3.8, 4) is 0 Å². The minimum Gasteiger partial charge on any atom is -0.365 e. The first-order valence-electron chi connectivity index (χ1n) is 8.40. The van der Waals surface area contributed by atoms with Gasteiger partial charge in [0.2, 0.25) is 0 Å². The summed E-state index contributed by atoms with van der Waals surface area (Å²) in [5.74, 6) is -0.222. The molecular formula is C20H18ClN3O2. The number of benzene rings is 2. The van der Waals surface area contributed by atoms with E-state index in [2.05, 4.69) is 10.4 Å². The van der Waals surface area contributed by atoms with Crippen LogP contribution >= 0.6 is 11.6 Å². The lowest BCUT2D eigenvalue weighted by Crippen LogP contribution is -2.22. The Labute approximate surface area is 156 Å². The van der Waals surface area contributed by atoms with Crippen LogP contribution in [0.3, 0.4) is 0 Å². The normalized spacial score (nSPS) is 16.2. The highest BCUT2D eigenvalue weighted by atomic mass is 35.5. The average molecular weight is 368 g/mol. The quantitative estimate of drug-likeness (QED) is 0.747. The minimum atomic E-state index is -0.222. The van der Waals surface area contributed by atoms with Crippen LogP contribution in [0.2, 0.25) is 5.02 Å². The molecule has 1 amide bonds. The number of aryl methyl sites for hydroxylation is 1. The number of aromatic nitrogens is 2. The van der Waals surface area contributed by atoms with Crippen LogP contribution in [0.4, 0.5) is 5.69 Å². The maximum atomic E-state index is 12.5. The fraction of sp³-hybridized carbons (Fsp3) is 0.200. The summed E-state index contributed by atoms with van der Waals surface area (Å²) in [5.41, 5.74) is 4.18. The highest BCUT2D eigenvalue weighted by molar-refractivity contribution is 6.30. The number of amides is 1. The van der Waals surface area contributed by atoms with Gasteiger partial charge in [-0.2, -0.15) is 5.10 Å². The van der Waals surface area contributed by atoms with Crippen LogP contribution in [0, 0.1) is 6.92 Å². The number of anilines is 1. The molecule has 0 fully saturated rings. The fourth-order valence-electron chi connectivity index (χ4n) is 3.03. The standard InChI is InChI=1S/C20H18ClN3O2/c1-13-3-2-4-16(9-13)22-20(25)18-10-17-12-26-19(11-24(17)23-18)14-5-7-15(21)8-6-14/h2-10,19H,11-12H2,1H3,(H,22,25)/t19-/m0/s1. The van der Waals surface area contributed by atoms with Crippen molar-refractivity contribution >= 4 is 23.2 Å². The van der Waals surface area contributed by atoms with Crippen molar-refractivity contribution < 1.29 is 9.53 Å². The van der Waals surface area contributed by atoms with E-state index in [-0.39, 0.29) is 12.0 Å². The number of hydrogen-bond acceptors (Lipinski definition) is 3. The zero-order valence-corrected chi connectivity index (χ0v) is 15.0.